The van der Waals surface area contributed by atoms with E-state index in [-0.39, 0.29) is 6.04 Å². The Hall–Kier alpha value is -1.62. The predicted octanol–water partition coefficient (Wildman–Crippen LogP) is 4.59. The average Bonchev–Trinajstić information content (AvgIpc) is 3.44. The molecule has 1 fully saturated rings. The topological polar surface area (TPSA) is 73.9 Å². The summed E-state index contributed by atoms with van der Waals surface area (Å²) < 4.78 is 15.6. The molecule has 0 bridgehead atoms. The summed E-state index contributed by atoms with van der Waals surface area (Å²) in [6, 6.07) is 4.55. The number of rotatable bonds is 4. The standard InChI is InChI=1S/C20H23IN7OPS/c1-11-9-22-26(4)19(11)14-8-16(27-5-6-29-10-13(27)3)23-18-17(25-31-20(14)18)15-7-12(2)24-28(15)30-21/h7-9,13,30H,5-6,10H2,1-4H3/t13-/m1/s1. The third-order valence-corrected chi connectivity index (χ3v) is 8.35. The molecule has 11 heteroatoms. The summed E-state index contributed by atoms with van der Waals surface area (Å²) in [5.74, 6) is 0.958. The summed E-state index contributed by atoms with van der Waals surface area (Å²) in [6.45, 7) is 8.54. The van der Waals surface area contributed by atoms with Crippen LogP contribution in [0.25, 0.3) is 32.9 Å². The van der Waals surface area contributed by atoms with Gasteiger partial charge in [0.25, 0.3) is 0 Å². The normalized spacial score (nSPS) is 17.5. The molecular formula is C20H23IN7OPS. The first-order chi connectivity index (χ1) is 15.0. The van der Waals surface area contributed by atoms with E-state index in [4.69, 9.17) is 14.1 Å². The molecule has 0 aromatic carbocycles. The van der Waals surface area contributed by atoms with E-state index in [9.17, 15) is 0 Å². The highest BCUT2D eigenvalue weighted by Crippen LogP contribution is 2.41. The summed E-state index contributed by atoms with van der Waals surface area (Å²) in [4.78, 5) is 7.48. The molecule has 162 valence electrons. The van der Waals surface area contributed by atoms with Crippen LogP contribution in [0.5, 0.6) is 0 Å². The Morgan fingerprint density at radius 1 is 1.29 bits per heavy atom. The van der Waals surface area contributed by atoms with Gasteiger partial charge in [-0.3, -0.25) is 4.68 Å². The fraction of sp³-hybridized carbons (Fsp3) is 0.400. The number of halogens is 1. The molecule has 2 atom stereocenters. The zero-order valence-electron chi connectivity index (χ0n) is 17.8. The van der Waals surface area contributed by atoms with Crippen LogP contribution >= 0.6 is 39.9 Å². The Labute approximate surface area is 199 Å². The Balaban J connectivity index is 1.79. The number of hydrogen-bond acceptors (Lipinski definition) is 7. The van der Waals surface area contributed by atoms with Gasteiger partial charge in [-0.15, -0.1) is 0 Å². The second kappa shape index (κ2) is 8.38. The molecule has 0 N–H and O–H groups in total. The fourth-order valence-corrected chi connectivity index (χ4v) is 6.54. The second-order valence-electron chi connectivity index (χ2n) is 7.82. The van der Waals surface area contributed by atoms with Gasteiger partial charge in [-0.1, -0.05) is 0 Å². The molecule has 0 amide bonds. The molecule has 1 aliphatic heterocycles. The SMILES string of the molecule is Cc1cc(-c2nsc3c(-c4c(C)cnn4C)cc(N4CCOC[C@H]4C)nc23)n(PI)n1. The van der Waals surface area contributed by atoms with E-state index in [1.54, 1.807) is 0 Å². The number of nitrogens with zero attached hydrogens (tertiary/aromatic N) is 7. The van der Waals surface area contributed by atoms with Gasteiger partial charge in [0.05, 0.1) is 53.6 Å². The van der Waals surface area contributed by atoms with Crippen molar-refractivity contribution >= 4 is 56.0 Å². The zero-order chi connectivity index (χ0) is 21.7. The Morgan fingerprint density at radius 3 is 2.84 bits per heavy atom. The fourth-order valence-electron chi connectivity index (χ4n) is 4.13. The molecule has 1 aliphatic rings. The van der Waals surface area contributed by atoms with Crippen molar-refractivity contribution in [2.75, 3.05) is 24.7 Å². The number of aryl methyl sites for hydroxylation is 3. The monoisotopic (exact) mass is 567 g/mol. The van der Waals surface area contributed by atoms with Crippen LogP contribution in [0.2, 0.25) is 0 Å². The van der Waals surface area contributed by atoms with Crippen molar-refractivity contribution in [2.45, 2.75) is 26.8 Å². The molecular weight excluding hydrogens is 544 g/mol. The maximum absolute atomic E-state index is 5.67. The highest BCUT2D eigenvalue weighted by atomic mass is 127. The summed E-state index contributed by atoms with van der Waals surface area (Å²) >= 11 is 3.86. The van der Waals surface area contributed by atoms with E-state index in [0.717, 1.165) is 56.5 Å². The molecule has 1 unspecified atom stereocenters. The summed E-state index contributed by atoms with van der Waals surface area (Å²) in [5.41, 5.74) is 7.19. The highest BCUT2D eigenvalue weighted by Gasteiger charge is 2.26. The molecule has 4 aromatic rings. The lowest BCUT2D eigenvalue weighted by atomic mass is 10.1. The van der Waals surface area contributed by atoms with Gasteiger partial charge in [0.15, 0.2) is 0 Å². The van der Waals surface area contributed by atoms with Crippen molar-refractivity contribution in [3.63, 3.8) is 0 Å². The van der Waals surface area contributed by atoms with E-state index in [1.807, 2.05) is 29.3 Å². The lowest BCUT2D eigenvalue weighted by molar-refractivity contribution is 0.0986. The number of ether oxygens (including phenoxy) is 1. The van der Waals surface area contributed by atoms with Gasteiger partial charge in [-0.25, -0.2) is 9.44 Å². The first-order valence-corrected chi connectivity index (χ1v) is 14.9. The smallest absolute Gasteiger partial charge is 0.130 e. The third-order valence-electron chi connectivity index (χ3n) is 5.60. The Kier molecular flexibility index (Phi) is 5.74. The van der Waals surface area contributed by atoms with E-state index >= 15 is 0 Å². The highest BCUT2D eigenvalue weighted by molar-refractivity contribution is 14.2. The van der Waals surface area contributed by atoms with Crippen molar-refractivity contribution in [3.8, 4) is 22.6 Å². The van der Waals surface area contributed by atoms with Crippen molar-refractivity contribution in [1.29, 1.82) is 0 Å². The van der Waals surface area contributed by atoms with Gasteiger partial charge in [-0.05, 0) is 72.0 Å². The molecule has 8 nitrogen and oxygen atoms in total. The van der Waals surface area contributed by atoms with Crippen LogP contribution in [0.1, 0.15) is 18.2 Å². The minimum Gasteiger partial charge on any atom is -0.377 e. The van der Waals surface area contributed by atoms with Crippen LogP contribution in [-0.4, -0.2) is 54.5 Å². The zero-order valence-corrected chi connectivity index (χ0v) is 21.7. The summed E-state index contributed by atoms with van der Waals surface area (Å²) in [7, 11) is 1.99. The largest absolute Gasteiger partial charge is 0.377 e. The lowest BCUT2D eigenvalue weighted by Gasteiger charge is -2.34. The molecule has 0 spiro atoms. The van der Waals surface area contributed by atoms with Gasteiger partial charge >= 0.3 is 0 Å². The lowest BCUT2D eigenvalue weighted by Crippen LogP contribution is -2.44. The van der Waals surface area contributed by atoms with Gasteiger partial charge in [-0.2, -0.15) is 14.6 Å². The van der Waals surface area contributed by atoms with Crippen molar-refractivity contribution in [2.24, 2.45) is 7.05 Å². The number of hydrogen-bond donors (Lipinski definition) is 0. The van der Waals surface area contributed by atoms with Crippen LogP contribution in [0.4, 0.5) is 5.82 Å². The van der Waals surface area contributed by atoms with E-state index < -0.39 is 0 Å². The van der Waals surface area contributed by atoms with Gasteiger partial charge in [0.1, 0.15) is 17.0 Å². The molecule has 1 saturated heterocycles. The van der Waals surface area contributed by atoms with Crippen molar-refractivity contribution in [1.82, 2.24) is 28.7 Å². The van der Waals surface area contributed by atoms with Crippen LogP contribution in [-0.2, 0) is 11.8 Å². The maximum atomic E-state index is 5.67. The molecule has 0 aliphatic carbocycles. The van der Waals surface area contributed by atoms with Crippen LogP contribution in [0, 0.1) is 13.8 Å². The Morgan fingerprint density at radius 2 is 2.13 bits per heavy atom. The summed E-state index contributed by atoms with van der Waals surface area (Å²) in [6.07, 6.45) is 2.41. The number of aromatic nitrogens is 6. The first-order valence-electron chi connectivity index (χ1n) is 10.1. The second-order valence-corrected chi connectivity index (χ2v) is 10.6. The van der Waals surface area contributed by atoms with E-state index in [1.165, 1.54) is 11.5 Å². The number of morpholine rings is 1. The summed E-state index contributed by atoms with van der Waals surface area (Å²) in [5, 5.41) is 9.12. The quantitative estimate of drug-likeness (QED) is 0.266. The predicted molar refractivity (Wildman–Crippen MR) is 136 cm³/mol. The minimum absolute atomic E-state index is 0.262. The number of fused-ring (bicyclic) bond motifs is 1. The number of anilines is 1. The first kappa shape index (κ1) is 21.2. The molecule has 31 heavy (non-hydrogen) atoms. The third kappa shape index (κ3) is 3.67. The van der Waals surface area contributed by atoms with Crippen molar-refractivity contribution in [3.05, 3.63) is 29.6 Å². The van der Waals surface area contributed by atoms with Gasteiger partial charge < -0.3 is 9.64 Å². The molecule has 5 rings (SSSR count). The molecule has 5 heterocycles. The maximum Gasteiger partial charge on any atom is 0.130 e. The van der Waals surface area contributed by atoms with Gasteiger partial charge in [0.2, 0.25) is 0 Å². The van der Waals surface area contributed by atoms with E-state index in [2.05, 4.69) is 63.1 Å². The van der Waals surface area contributed by atoms with Crippen molar-refractivity contribution < 1.29 is 4.74 Å². The Bertz CT molecular complexity index is 1250. The molecule has 0 saturated carbocycles. The van der Waals surface area contributed by atoms with E-state index in [0.29, 0.717) is 19.6 Å². The average molecular weight is 567 g/mol. The van der Waals surface area contributed by atoms with Gasteiger partial charge in [0, 0.05) is 19.2 Å². The van der Waals surface area contributed by atoms with Crippen LogP contribution < -0.4 is 4.90 Å². The minimum atomic E-state index is 0.262. The number of pyridine rings is 1. The van der Waals surface area contributed by atoms with Crippen LogP contribution in [0.15, 0.2) is 18.3 Å². The van der Waals surface area contributed by atoms with Crippen LogP contribution in [0.3, 0.4) is 0 Å². The molecule has 0 radical (unpaired) electrons. The molecule has 4 aromatic heterocycles.